The average Bonchev–Trinajstić information content (AvgIpc) is 2.72. The summed E-state index contributed by atoms with van der Waals surface area (Å²) >= 11 is 0. The van der Waals surface area contributed by atoms with E-state index in [2.05, 4.69) is 0 Å². The Hall–Kier alpha value is -2.97. The Morgan fingerprint density at radius 3 is 2.34 bits per heavy atom. The first-order chi connectivity index (χ1) is 16.2. The second-order valence-electron chi connectivity index (χ2n) is 11.0. The van der Waals surface area contributed by atoms with Gasteiger partial charge in [0.25, 0.3) is 0 Å². The Morgan fingerprint density at radius 2 is 1.80 bits per heavy atom. The lowest BCUT2D eigenvalue weighted by Crippen LogP contribution is -2.67. The van der Waals surface area contributed by atoms with E-state index in [1.165, 1.54) is 13.2 Å². The molecule has 0 spiro atoms. The van der Waals surface area contributed by atoms with Crippen molar-refractivity contribution < 1.29 is 39.5 Å². The number of hydrogen-bond acceptors (Lipinski definition) is 8. The second kappa shape index (κ2) is 7.77. The molecule has 4 rings (SSSR count). The number of phenols is 1. The SMILES string of the molecule is COCc1ccc(O)c2c1C[C@]1(C)C[C@]3(C)C(C(C)C)C(O)=C(C(C)=O)C(=O)[C@]3(O)C(O)=C1C2=O. The third-order valence-electron chi connectivity index (χ3n) is 8.29. The van der Waals surface area contributed by atoms with Crippen LogP contribution in [0.5, 0.6) is 5.75 Å². The largest absolute Gasteiger partial charge is 0.511 e. The number of aromatic hydroxyl groups is 1. The van der Waals surface area contributed by atoms with Crippen LogP contribution in [0, 0.1) is 22.7 Å². The molecule has 8 nitrogen and oxygen atoms in total. The van der Waals surface area contributed by atoms with Gasteiger partial charge in [-0.15, -0.1) is 0 Å². The van der Waals surface area contributed by atoms with E-state index in [0.717, 1.165) is 6.92 Å². The van der Waals surface area contributed by atoms with Crippen molar-refractivity contribution in [3.05, 3.63) is 51.5 Å². The van der Waals surface area contributed by atoms with E-state index < -0.39 is 56.8 Å². The van der Waals surface area contributed by atoms with Gasteiger partial charge in [-0.2, -0.15) is 0 Å². The van der Waals surface area contributed by atoms with E-state index in [9.17, 15) is 34.8 Å². The summed E-state index contributed by atoms with van der Waals surface area (Å²) in [4.78, 5) is 39.8. The molecular weight excluding hydrogens is 452 g/mol. The van der Waals surface area contributed by atoms with E-state index in [-0.39, 0.29) is 42.3 Å². The maximum absolute atomic E-state index is 13.8. The number of ether oxygens (including phenoxy) is 1. The number of carbonyl (C=O) groups excluding carboxylic acids is 3. The molecule has 1 aromatic carbocycles. The summed E-state index contributed by atoms with van der Waals surface area (Å²) in [6, 6.07) is 3.06. The smallest absolute Gasteiger partial charge is 0.209 e. The number of hydrogen-bond donors (Lipinski definition) is 4. The van der Waals surface area contributed by atoms with Gasteiger partial charge in [0.05, 0.1) is 12.2 Å². The highest BCUT2D eigenvalue weighted by atomic mass is 16.5. The molecule has 0 saturated heterocycles. The number of aliphatic hydroxyl groups excluding tert-OH is 2. The van der Waals surface area contributed by atoms with Crippen LogP contribution in [-0.4, -0.2) is 50.5 Å². The van der Waals surface area contributed by atoms with Crippen molar-refractivity contribution >= 4 is 17.3 Å². The normalized spacial score (nSPS) is 32.5. The minimum absolute atomic E-state index is 0.000346. The van der Waals surface area contributed by atoms with Crippen LogP contribution >= 0.6 is 0 Å². The molecule has 35 heavy (non-hydrogen) atoms. The number of rotatable bonds is 4. The highest BCUT2D eigenvalue weighted by Gasteiger charge is 2.71. The summed E-state index contributed by atoms with van der Waals surface area (Å²) in [7, 11) is 1.52. The third-order valence-corrected chi connectivity index (χ3v) is 8.29. The maximum atomic E-state index is 13.8. The van der Waals surface area contributed by atoms with Gasteiger partial charge in [-0.05, 0) is 42.9 Å². The molecule has 0 aromatic heterocycles. The molecule has 0 fully saturated rings. The van der Waals surface area contributed by atoms with E-state index in [0.29, 0.717) is 11.1 Å². The first kappa shape index (κ1) is 25.1. The number of benzene rings is 1. The molecule has 4 atom stereocenters. The lowest BCUT2D eigenvalue weighted by atomic mass is 9.44. The summed E-state index contributed by atoms with van der Waals surface area (Å²) in [5.74, 6) is -5.19. The zero-order chi connectivity index (χ0) is 26.2. The molecule has 3 aliphatic rings. The van der Waals surface area contributed by atoms with E-state index in [1.54, 1.807) is 33.8 Å². The van der Waals surface area contributed by atoms with Crippen LogP contribution in [0.15, 0.2) is 34.8 Å². The lowest BCUT2D eigenvalue weighted by molar-refractivity contribution is -0.171. The molecule has 0 aliphatic heterocycles. The van der Waals surface area contributed by atoms with Gasteiger partial charge in [0.1, 0.15) is 22.8 Å². The van der Waals surface area contributed by atoms with Gasteiger partial charge >= 0.3 is 0 Å². The molecule has 0 saturated carbocycles. The first-order valence-corrected chi connectivity index (χ1v) is 11.7. The van der Waals surface area contributed by atoms with Gasteiger partial charge < -0.3 is 25.2 Å². The van der Waals surface area contributed by atoms with Crippen molar-refractivity contribution in [1.82, 2.24) is 0 Å². The zero-order valence-corrected chi connectivity index (χ0v) is 20.9. The Kier molecular flexibility index (Phi) is 5.58. The predicted octanol–water partition coefficient (Wildman–Crippen LogP) is 3.49. The topological polar surface area (TPSA) is 141 Å². The minimum atomic E-state index is -2.60. The number of methoxy groups -OCH3 is 1. The molecule has 0 heterocycles. The van der Waals surface area contributed by atoms with E-state index in [4.69, 9.17) is 4.74 Å². The van der Waals surface area contributed by atoms with Gasteiger partial charge in [0.2, 0.25) is 5.78 Å². The van der Waals surface area contributed by atoms with Crippen LogP contribution in [0.3, 0.4) is 0 Å². The number of Topliss-reactive ketones (excluding diaryl/α,β-unsaturated/α-hetero) is 3. The summed E-state index contributed by atoms with van der Waals surface area (Å²) in [5.41, 5.74) is -4.50. The van der Waals surface area contributed by atoms with Crippen LogP contribution in [0.25, 0.3) is 0 Å². The molecule has 8 heteroatoms. The van der Waals surface area contributed by atoms with Crippen LogP contribution < -0.4 is 0 Å². The van der Waals surface area contributed by atoms with Crippen molar-refractivity contribution in [2.75, 3.05) is 7.11 Å². The monoisotopic (exact) mass is 484 g/mol. The van der Waals surface area contributed by atoms with Crippen molar-refractivity contribution in [2.45, 2.75) is 59.7 Å². The third kappa shape index (κ3) is 3.02. The van der Waals surface area contributed by atoms with E-state index in [1.807, 2.05) is 0 Å². The molecule has 4 N–H and O–H groups in total. The van der Waals surface area contributed by atoms with Crippen LogP contribution in [0.2, 0.25) is 0 Å². The summed E-state index contributed by atoms with van der Waals surface area (Å²) in [6.45, 7) is 8.30. The van der Waals surface area contributed by atoms with Crippen molar-refractivity contribution in [3.63, 3.8) is 0 Å². The van der Waals surface area contributed by atoms with Gasteiger partial charge in [-0.25, -0.2) is 0 Å². The number of aliphatic hydroxyl groups is 3. The summed E-state index contributed by atoms with van der Waals surface area (Å²) in [5, 5.41) is 45.2. The Morgan fingerprint density at radius 1 is 1.17 bits per heavy atom. The molecule has 1 unspecified atom stereocenters. The molecule has 0 radical (unpaired) electrons. The van der Waals surface area contributed by atoms with E-state index >= 15 is 0 Å². The molecular formula is C27H32O8. The Bertz CT molecular complexity index is 1240. The average molecular weight is 485 g/mol. The fourth-order valence-corrected chi connectivity index (χ4v) is 7.08. The fourth-order valence-electron chi connectivity index (χ4n) is 7.08. The van der Waals surface area contributed by atoms with Crippen LogP contribution in [0.4, 0.5) is 0 Å². The highest BCUT2D eigenvalue weighted by Crippen LogP contribution is 2.65. The molecule has 1 aromatic rings. The van der Waals surface area contributed by atoms with Gasteiger partial charge in [-0.3, -0.25) is 14.4 Å². The molecule has 3 aliphatic carbocycles. The quantitative estimate of drug-likeness (QED) is 0.476. The maximum Gasteiger partial charge on any atom is 0.209 e. The van der Waals surface area contributed by atoms with Crippen molar-refractivity contribution in [2.24, 2.45) is 22.7 Å². The first-order valence-electron chi connectivity index (χ1n) is 11.7. The number of phenolic OH excluding ortho intramolecular Hbond substituents is 1. The van der Waals surface area contributed by atoms with Gasteiger partial charge in [-0.1, -0.05) is 33.8 Å². The van der Waals surface area contributed by atoms with Gasteiger partial charge in [0, 0.05) is 29.4 Å². The van der Waals surface area contributed by atoms with Crippen molar-refractivity contribution in [1.29, 1.82) is 0 Å². The van der Waals surface area contributed by atoms with Crippen LogP contribution in [0.1, 0.15) is 62.5 Å². The number of carbonyl (C=O) groups is 3. The standard InChI is InChI=1S/C27H32O8/c1-12(2)19-21(30)17(13(3)28)23(32)27(34)24(33)20-22(31)18-15(9-25(20,4)11-26(19,27)5)14(10-35-6)7-8-16(18)29/h7-8,12,19,29-30,33-34H,9-11H2,1-6H3/t19?,25-,26-,27+/m1/s1. The van der Waals surface area contributed by atoms with Gasteiger partial charge in [0.15, 0.2) is 17.2 Å². The van der Waals surface area contributed by atoms with Crippen molar-refractivity contribution in [3.8, 4) is 5.75 Å². The number of fused-ring (bicyclic) bond motifs is 3. The molecule has 0 amide bonds. The second-order valence-corrected chi connectivity index (χ2v) is 11.0. The highest BCUT2D eigenvalue weighted by molar-refractivity contribution is 6.25. The molecule has 0 bridgehead atoms. The summed E-state index contributed by atoms with van der Waals surface area (Å²) in [6.07, 6.45) is 0.294. The lowest BCUT2D eigenvalue weighted by Gasteiger charge is -2.59. The minimum Gasteiger partial charge on any atom is -0.511 e. The number of allylic oxidation sites excluding steroid dienone is 2. The summed E-state index contributed by atoms with van der Waals surface area (Å²) < 4.78 is 5.28. The molecule has 188 valence electrons. The van der Waals surface area contributed by atoms with Crippen LogP contribution in [-0.2, 0) is 27.4 Å². The Labute approximate surface area is 203 Å². The Balaban J connectivity index is 2.07. The fraction of sp³-hybridized carbons (Fsp3) is 0.519. The number of ketones is 3. The predicted molar refractivity (Wildman–Crippen MR) is 126 cm³/mol. The zero-order valence-electron chi connectivity index (χ0n) is 20.9.